The average Bonchev–Trinajstić information content (AvgIpc) is 2.38. The van der Waals surface area contributed by atoms with Crippen molar-refractivity contribution in [2.75, 3.05) is 11.9 Å². The van der Waals surface area contributed by atoms with Crippen molar-refractivity contribution >= 4 is 21.6 Å². The molecule has 0 heterocycles. The van der Waals surface area contributed by atoms with E-state index in [0.29, 0.717) is 12.4 Å². The molecule has 0 atom stereocenters. The second kappa shape index (κ2) is 5.90. The number of alkyl halides is 1. The predicted molar refractivity (Wildman–Crippen MR) is 78.0 cm³/mol. The third kappa shape index (κ3) is 3.08. The van der Waals surface area contributed by atoms with Gasteiger partial charge < -0.3 is 4.74 Å². The lowest BCUT2D eigenvalue weighted by molar-refractivity contribution is -0.386. The van der Waals surface area contributed by atoms with E-state index in [1.807, 2.05) is 13.0 Å². The van der Waals surface area contributed by atoms with Gasteiger partial charge in [-0.05, 0) is 30.9 Å². The lowest BCUT2D eigenvalue weighted by Crippen LogP contribution is -2.37. The van der Waals surface area contributed by atoms with Crippen molar-refractivity contribution in [1.29, 1.82) is 0 Å². The van der Waals surface area contributed by atoms with Crippen LogP contribution in [-0.2, 0) is 6.42 Å². The number of hydrogen-bond donors (Lipinski definition) is 0. The first-order valence-electron chi connectivity index (χ1n) is 6.56. The van der Waals surface area contributed by atoms with Gasteiger partial charge in [-0.1, -0.05) is 35.3 Å². The standard InChI is InChI=1S/C14H18BrNO3/c1-2-11-4-5-13(12(8-11)16(17)18)19-10-14(9-15)6-3-7-14/h4-5,8H,2-3,6-7,9-10H2,1H3. The normalized spacial score (nSPS) is 16.7. The molecule has 104 valence electrons. The van der Waals surface area contributed by atoms with Crippen LogP contribution in [0, 0.1) is 15.5 Å². The molecule has 0 N–H and O–H groups in total. The fourth-order valence-electron chi connectivity index (χ4n) is 2.27. The molecule has 1 aromatic rings. The molecule has 2 rings (SSSR count). The Labute approximate surface area is 121 Å². The highest BCUT2D eigenvalue weighted by Crippen LogP contribution is 2.43. The summed E-state index contributed by atoms with van der Waals surface area (Å²) in [6.07, 6.45) is 4.25. The minimum absolute atomic E-state index is 0.0726. The molecular formula is C14H18BrNO3. The predicted octanol–water partition coefficient (Wildman–Crippen LogP) is 4.10. The number of nitrogens with zero attached hydrogens (tertiary/aromatic N) is 1. The largest absolute Gasteiger partial charge is 0.486 e. The lowest BCUT2D eigenvalue weighted by Gasteiger charge is -2.39. The van der Waals surface area contributed by atoms with Crippen LogP contribution in [0.1, 0.15) is 31.7 Å². The minimum atomic E-state index is -0.365. The van der Waals surface area contributed by atoms with Crippen molar-refractivity contribution in [3.63, 3.8) is 0 Å². The molecule has 1 saturated carbocycles. The molecule has 0 unspecified atom stereocenters. The SMILES string of the molecule is CCc1ccc(OCC2(CBr)CCC2)c([N+](=O)[O-])c1. The average molecular weight is 328 g/mol. The van der Waals surface area contributed by atoms with E-state index in [-0.39, 0.29) is 16.0 Å². The summed E-state index contributed by atoms with van der Waals surface area (Å²) < 4.78 is 5.72. The maximum atomic E-state index is 11.1. The highest BCUT2D eigenvalue weighted by molar-refractivity contribution is 9.09. The molecular weight excluding hydrogens is 310 g/mol. The summed E-state index contributed by atoms with van der Waals surface area (Å²) in [5.41, 5.74) is 1.19. The molecule has 19 heavy (non-hydrogen) atoms. The summed E-state index contributed by atoms with van der Waals surface area (Å²) in [7, 11) is 0. The topological polar surface area (TPSA) is 52.4 Å². The van der Waals surface area contributed by atoms with Crippen molar-refractivity contribution in [1.82, 2.24) is 0 Å². The molecule has 0 spiro atoms. The van der Waals surface area contributed by atoms with Gasteiger partial charge in [0.15, 0.2) is 5.75 Å². The van der Waals surface area contributed by atoms with Gasteiger partial charge in [-0.15, -0.1) is 0 Å². The van der Waals surface area contributed by atoms with Crippen LogP contribution in [0.2, 0.25) is 0 Å². The van der Waals surface area contributed by atoms with Crippen molar-refractivity contribution < 1.29 is 9.66 Å². The zero-order valence-electron chi connectivity index (χ0n) is 11.0. The molecule has 1 aliphatic carbocycles. The van der Waals surface area contributed by atoms with Crippen molar-refractivity contribution in [2.45, 2.75) is 32.6 Å². The van der Waals surface area contributed by atoms with E-state index >= 15 is 0 Å². The number of aryl methyl sites for hydroxylation is 1. The monoisotopic (exact) mass is 327 g/mol. The number of benzene rings is 1. The Kier molecular flexibility index (Phi) is 4.45. The van der Waals surface area contributed by atoms with Crippen LogP contribution in [0.5, 0.6) is 5.75 Å². The molecule has 0 amide bonds. The van der Waals surface area contributed by atoms with Gasteiger partial charge in [-0.25, -0.2) is 0 Å². The van der Waals surface area contributed by atoms with E-state index in [4.69, 9.17) is 4.74 Å². The number of rotatable bonds is 6. The molecule has 1 aliphatic rings. The Bertz CT molecular complexity index is 466. The molecule has 0 saturated heterocycles. The summed E-state index contributed by atoms with van der Waals surface area (Å²) in [5, 5.41) is 12.0. The number of hydrogen-bond acceptors (Lipinski definition) is 3. The second-order valence-electron chi connectivity index (χ2n) is 5.19. The van der Waals surface area contributed by atoms with Crippen LogP contribution < -0.4 is 4.74 Å². The lowest BCUT2D eigenvalue weighted by atomic mass is 9.71. The van der Waals surface area contributed by atoms with Crippen LogP contribution in [-0.4, -0.2) is 16.9 Å². The first kappa shape index (κ1) is 14.3. The third-order valence-corrected chi connectivity index (χ3v) is 5.05. The molecule has 1 fully saturated rings. The zero-order chi connectivity index (χ0) is 13.9. The fourth-order valence-corrected chi connectivity index (χ4v) is 2.99. The van der Waals surface area contributed by atoms with Crippen molar-refractivity contribution in [2.24, 2.45) is 5.41 Å². The number of nitro groups is 1. The van der Waals surface area contributed by atoms with E-state index < -0.39 is 0 Å². The molecule has 0 radical (unpaired) electrons. The Balaban J connectivity index is 2.13. The highest BCUT2D eigenvalue weighted by atomic mass is 79.9. The fraction of sp³-hybridized carbons (Fsp3) is 0.571. The van der Waals surface area contributed by atoms with Crippen LogP contribution in [0.4, 0.5) is 5.69 Å². The van der Waals surface area contributed by atoms with E-state index in [1.165, 1.54) is 6.42 Å². The molecule has 5 heteroatoms. The van der Waals surface area contributed by atoms with Gasteiger partial charge in [-0.3, -0.25) is 10.1 Å². The van der Waals surface area contributed by atoms with Crippen LogP contribution in [0.15, 0.2) is 18.2 Å². The Hall–Kier alpha value is -1.10. The van der Waals surface area contributed by atoms with Crippen molar-refractivity contribution in [3.8, 4) is 5.75 Å². The summed E-state index contributed by atoms with van der Waals surface area (Å²) in [6.45, 7) is 2.53. The van der Waals surface area contributed by atoms with Gasteiger partial charge in [0, 0.05) is 16.8 Å². The third-order valence-electron chi connectivity index (χ3n) is 3.86. The van der Waals surface area contributed by atoms with Gasteiger partial charge >= 0.3 is 5.69 Å². The summed E-state index contributed by atoms with van der Waals surface area (Å²) in [4.78, 5) is 10.7. The Morgan fingerprint density at radius 3 is 2.68 bits per heavy atom. The van der Waals surface area contributed by atoms with Gasteiger partial charge in [0.1, 0.15) is 0 Å². The van der Waals surface area contributed by atoms with E-state index in [2.05, 4.69) is 15.9 Å². The maximum Gasteiger partial charge on any atom is 0.311 e. The second-order valence-corrected chi connectivity index (χ2v) is 5.75. The van der Waals surface area contributed by atoms with Crippen LogP contribution >= 0.6 is 15.9 Å². The van der Waals surface area contributed by atoms with Crippen LogP contribution in [0.3, 0.4) is 0 Å². The van der Waals surface area contributed by atoms with E-state index in [9.17, 15) is 10.1 Å². The summed E-state index contributed by atoms with van der Waals surface area (Å²) >= 11 is 3.51. The minimum Gasteiger partial charge on any atom is -0.486 e. The van der Waals surface area contributed by atoms with Crippen molar-refractivity contribution in [3.05, 3.63) is 33.9 Å². The molecule has 1 aromatic carbocycles. The van der Waals surface area contributed by atoms with Gasteiger partial charge in [-0.2, -0.15) is 0 Å². The first-order chi connectivity index (χ1) is 9.10. The highest BCUT2D eigenvalue weighted by Gasteiger charge is 2.37. The van der Waals surface area contributed by atoms with Gasteiger partial charge in [0.25, 0.3) is 0 Å². The van der Waals surface area contributed by atoms with Gasteiger partial charge in [0.2, 0.25) is 0 Å². The maximum absolute atomic E-state index is 11.1. The quantitative estimate of drug-likeness (QED) is 0.449. The number of nitro benzene ring substituents is 1. The molecule has 0 bridgehead atoms. The van der Waals surface area contributed by atoms with Gasteiger partial charge in [0.05, 0.1) is 11.5 Å². The van der Waals surface area contributed by atoms with Crippen LogP contribution in [0.25, 0.3) is 0 Å². The Morgan fingerprint density at radius 2 is 2.21 bits per heavy atom. The molecule has 0 aliphatic heterocycles. The van der Waals surface area contributed by atoms with E-state index in [0.717, 1.165) is 30.2 Å². The Morgan fingerprint density at radius 1 is 1.47 bits per heavy atom. The smallest absolute Gasteiger partial charge is 0.311 e. The molecule has 4 nitrogen and oxygen atoms in total. The number of ether oxygens (including phenoxy) is 1. The zero-order valence-corrected chi connectivity index (χ0v) is 12.6. The van der Waals surface area contributed by atoms with E-state index in [1.54, 1.807) is 12.1 Å². The summed E-state index contributed by atoms with van der Waals surface area (Å²) in [5.74, 6) is 0.384. The molecule has 0 aromatic heterocycles. The number of halogens is 1. The first-order valence-corrected chi connectivity index (χ1v) is 7.68. The summed E-state index contributed by atoms with van der Waals surface area (Å²) in [6, 6.07) is 5.22.